The van der Waals surface area contributed by atoms with E-state index in [9.17, 15) is 0 Å². The maximum Gasteiger partial charge on any atom is 0.179 e. The average molecular weight is 343 g/mol. The number of likely N-dealkylation sites (tertiary alicyclic amines) is 1. The molecule has 0 saturated carbocycles. The van der Waals surface area contributed by atoms with E-state index in [1.807, 2.05) is 0 Å². The van der Waals surface area contributed by atoms with Gasteiger partial charge in [-0.05, 0) is 31.9 Å². The van der Waals surface area contributed by atoms with Crippen LogP contribution in [0.15, 0.2) is 53.6 Å². The first-order valence-corrected chi connectivity index (χ1v) is 10.1. The highest BCUT2D eigenvalue weighted by Crippen LogP contribution is 2.40. The van der Waals surface area contributed by atoms with E-state index in [1.54, 1.807) is 0 Å². The van der Waals surface area contributed by atoms with Gasteiger partial charge in [0.1, 0.15) is 0 Å². The van der Waals surface area contributed by atoms with E-state index in [0.29, 0.717) is 0 Å². The molecule has 4 nitrogen and oxygen atoms in total. The number of hydrogen-bond acceptors (Lipinski definition) is 5. The summed E-state index contributed by atoms with van der Waals surface area (Å²) >= 11 is 2.06. The van der Waals surface area contributed by atoms with E-state index < -0.39 is 0 Å². The molecule has 5 heteroatoms. The standard InChI is InChI=1S/C19H26N4S/c1-17-19(23-12-14-24-15-13-23,22-10-4-2-3-5-11-22)18(16-20-17)21-8-6-7-9-21/h2-5,10-11,16H,6-9,12-15H2,1H3. The van der Waals surface area contributed by atoms with Crippen LogP contribution in [0.25, 0.3) is 0 Å². The summed E-state index contributed by atoms with van der Waals surface area (Å²) in [6.07, 6.45) is 17.6. The van der Waals surface area contributed by atoms with Gasteiger partial charge >= 0.3 is 0 Å². The minimum atomic E-state index is -0.260. The molecule has 4 rings (SSSR count). The van der Waals surface area contributed by atoms with Crippen molar-refractivity contribution in [2.75, 3.05) is 37.7 Å². The second kappa shape index (κ2) is 6.81. The third-order valence-corrected chi connectivity index (χ3v) is 6.30. The van der Waals surface area contributed by atoms with Crippen molar-refractivity contribution in [3.05, 3.63) is 48.6 Å². The van der Waals surface area contributed by atoms with Gasteiger partial charge in [0.15, 0.2) is 5.66 Å². The van der Waals surface area contributed by atoms with Crippen LogP contribution in [0.2, 0.25) is 0 Å². The van der Waals surface area contributed by atoms with Crippen molar-refractivity contribution in [2.24, 2.45) is 4.99 Å². The van der Waals surface area contributed by atoms with Gasteiger partial charge in [0.2, 0.25) is 0 Å². The molecule has 4 heterocycles. The molecule has 0 N–H and O–H groups in total. The Morgan fingerprint density at radius 1 is 0.958 bits per heavy atom. The van der Waals surface area contributed by atoms with Crippen molar-refractivity contribution in [3.8, 4) is 0 Å². The van der Waals surface area contributed by atoms with E-state index in [4.69, 9.17) is 4.99 Å². The van der Waals surface area contributed by atoms with Gasteiger partial charge < -0.3 is 9.80 Å². The molecule has 128 valence electrons. The van der Waals surface area contributed by atoms with Gasteiger partial charge in [-0.25, -0.2) is 0 Å². The molecule has 2 fully saturated rings. The van der Waals surface area contributed by atoms with E-state index in [0.717, 1.165) is 26.2 Å². The van der Waals surface area contributed by atoms with Crippen LogP contribution in [0.4, 0.5) is 0 Å². The predicted octanol–water partition coefficient (Wildman–Crippen LogP) is 3.04. The first-order chi connectivity index (χ1) is 11.8. The molecule has 0 spiro atoms. The lowest BCUT2D eigenvalue weighted by atomic mass is 9.96. The molecule has 1 unspecified atom stereocenters. The summed E-state index contributed by atoms with van der Waals surface area (Å²) in [5.41, 5.74) is 2.29. The monoisotopic (exact) mass is 342 g/mol. The molecule has 0 radical (unpaired) electrons. The number of thioether (sulfide) groups is 1. The Bertz CT molecular complexity index is 605. The summed E-state index contributed by atoms with van der Waals surface area (Å²) in [7, 11) is 0. The average Bonchev–Trinajstić information content (AvgIpc) is 3.17. The molecule has 24 heavy (non-hydrogen) atoms. The number of nitrogens with zero attached hydrogens (tertiary/aromatic N) is 4. The summed E-state index contributed by atoms with van der Waals surface area (Å²) in [4.78, 5) is 12.4. The molecular formula is C19H26N4S. The summed E-state index contributed by atoms with van der Waals surface area (Å²) in [5, 5.41) is 0. The highest BCUT2D eigenvalue weighted by atomic mass is 32.2. The van der Waals surface area contributed by atoms with Gasteiger partial charge in [0.25, 0.3) is 0 Å². The van der Waals surface area contributed by atoms with E-state index >= 15 is 0 Å². The molecule has 0 aliphatic carbocycles. The van der Waals surface area contributed by atoms with Gasteiger partial charge in [-0.2, -0.15) is 11.8 Å². The number of hydrogen-bond donors (Lipinski definition) is 0. The van der Waals surface area contributed by atoms with Gasteiger partial charge in [0, 0.05) is 50.1 Å². The third kappa shape index (κ3) is 2.54. The summed E-state index contributed by atoms with van der Waals surface area (Å²) in [5.74, 6) is 2.39. The number of allylic oxidation sites excluding steroid dienone is 4. The molecule has 2 saturated heterocycles. The third-order valence-electron chi connectivity index (χ3n) is 5.36. The van der Waals surface area contributed by atoms with Gasteiger partial charge in [-0.15, -0.1) is 0 Å². The fourth-order valence-electron chi connectivity index (χ4n) is 4.22. The van der Waals surface area contributed by atoms with E-state index in [1.165, 1.54) is 35.8 Å². The smallest absolute Gasteiger partial charge is 0.179 e. The second-order valence-electron chi connectivity index (χ2n) is 6.67. The fourth-order valence-corrected chi connectivity index (χ4v) is 5.13. The molecule has 1 atom stereocenters. The Balaban J connectivity index is 1.79. The van der Waals surface area contributed by atoms with Crippen molar-refractivity contribution in [1.82, 2.24) is 14.7 Å². The zero-order chi connectivity index (χ0) is 16.4. The second-order valence-corrected chi connectivity index (χ2v) is 7.89. The Hall–Kier alpha value is -1.46. The molecular weight excluding hydrogens is 316 g/mol. The molecule has 0 aromatic carbocycles. The zero-order valence-corrected chi connectivity index (χ0v) is 15.2. The summed E-state index contributed by atoms with van der Waals surface area (Å²) < 4.78 is 0. The highest BCUT2D eigenvalue weighted by Gasteiger charge is 2.51. The SMILES string of the molecule is CC1=NC=C(N2CCCC2)C1(N1C=CC=CC=C1)N1CCSCC1. The van der Waals surface area contributed by atoms with Crippen molar-refractivity contribution >= 4 is 17.5 Å². The normalized spacial score (nSPS) is 30.7. The molecule has 4 aliphatic heterocycles. The predicted molar refractivity (Wildman–Crippen MR) is 103 cm³/mol. The van der Waals surface area contributed by atoms with Crippen LogP contribution in [-0.4, -0.2) is 63.8 Å². The molecule has 0 bridgehead atoms. The Morgan fingerprint density at radius 3 is 2.29 bits per heavy atom. The van der Waals surface area contributed by atoms with E-state index in [-0.39, 0.29) is 5.66 Å². The van der Waals surface area contributed by atoms with Crippen molar-refractivity contribution in [2.45, 2.75) is 25.4 Å². The van der Waals surface area contributed by atoms with E-state index in [2.05, 4.69) is 76.3 Å². The van der Waals surface area contributed by atoms with Crippen molar-refractivity contribution < 1.29 is 0 Å². The Morgan fingerprint density at radius 2 is 1.62 bits per heavy atom. The quantitative estimate of drug-likeness (QED) is 0.786. The minimum Gasteiger partial charge on any atom is -0.370 e. The van der Waals surface area contributed by atoms with Crippen molar-refractivity contribution in [1.29, 1.82) is 0 Å². The lowest BCUT2D eigenvalue weighted by molar-refractivity contribution is 0.0714. The van der Waals surface area contributed by atoms with Crippen LogP contribution in [0, 0.1) is 0 Å². The first-order valence-electron chi connectivity index (χ1n) is 8.97. The lowest BCUT2D eigenvalue weighted by Gasteiger charge is -2.51. The van der Waals surface area contributed by atoms with Gasteiger partial charge in [-0.3, -0.25) is 9.89 Å². The molecule has 0 aromatic rings. The number of rotatable bonds is 3. The molecule has 4 aliphatic rings. The van der Waals surface area contributed by atoms with Crippen LogP contribution >= 0.6 is 11.8 Å². The van der Waals surface area contributed by atoms with Gasteiger partial charge in [-0.1, -0.05) is 12.2 Å². The molecule has 0 aromatic heterocycles. The van der Waals surface area contributed by atoms with Crippen LogP contribution in [-0.2, 0) is 0 Å². The maximum atomic E-state index is 4.83. The number of aliphatic imine (C=N–C) groups is 1. The first kappa shape index (κ1) is 16.0. The largest absolute Gasteiger partial charge is 0.370 e. The zero-order valence-electron chi connectivity index (χ0n) is 14.4. The maximum absolute atomic E-state index is 4.83. The lowest BCUT2D eigenvalue weighted by Crippen LogP contribution is -2.65. The van der Waals surface area contributed by atoms with Crippen LogP contribution in [0.1, 0.15) is 19.8 Å². The Kier molecular flexibility index (Phi) is 4.55. The van der Waals surface area contributed by atoms with Gasteiger partial charge in [0.05, 0.1) is 17.6 Å². The summed E-state index contributed by atoms with van der Waals surface area (Å²) in [6, 6.07) is 0. The van der Waals surface area contributed by atoms with Crippen LogP contribution < -0.4 is 0 Å². The fraction of sp³-hybridized carbons (Fsp3) is 0.526. The van der Waals surface area contributed by atoms with Crippen LogP contribution in [0.5, 0.6) is 0 Å². The van der Waals surface area contributed by atoms with Crippen LogP contribution in [0.3, 0.4) is 0 Å². The topological polar surface area (TPSA) is 22.1 Å². The summed E-state index contributed by atoms with van der Waals surface area (Å²) in [6.45, 7) is 6.71. The Labute approximate surface area is 149 Å². The minimum absolute atomic E-state index is 0.260. The van der Waals surface area contributed by atoms with Crippen molar-refractivity contribution in [3.63, 3.8) is 0 Å². The highest BCUT2D eigenvalue weighted by molar-refractivity contribution is 7.99. The molecule has 0 amide bonds.